The zero-order chi connectivity index (χ0) is 12.1. The maximum atomic E-state index is 10.1. The Kier molecular flexibility index (Phi) is 1.70. The lowest BCUT2D eigenvalue weighted by atomic mass is 10.1. The number of hydrogen-bond acceptors (Lipinski definition) is 2. The SMILES string of the molecule is Oc1cccc2c3ccccc3c3nccn3c12. The highest BCUT2D eigenvalue weighted by molar-refractivity contribution is 6.12. The number of hydrogen-bond donors (Lipinski definition) is 1. The summed E-state index contributed by atoms with van der Waals surface area (Å²) in [4.78, 5) is 4.39. The second-order valence-corrected chi connectivity index (χ2v) is 4.34. The van der Waals surface area contributed by atoms with Gasteiger partial charge in [-0.05, 0) is 11.5 Å². The molecule has 0 atom stereocenters. The molecule has 3 heteroatoms. The summed E-state index contributed by atoms with van der Waals surface area (Å²) in [7, 11) is 0. The second kappa shape index (κ2) is 3.23. The molecule has 0 fully saturated rings. The first-order valence-corrected chi connectivity index (χ1v) is 5.82. The van der Waals surface area contributed by atoms with E-state index in [-0.39, 0.29) is 5.75 Å². The number of phenolic OH excluding ortho intramolecular Hbond substituents is 1. The summed E-state index contributed by atoms with van der Waals surface area (Å²) in [6.07, 6.45) is 3.64. The van der Waals surface area contributed by atoms with E-state index in [0.29, 0.717) is 0 Å². The molecule has 0 radical (unpaired) electrons. The van der Waals surface area contributed by atoms with Gasteiger partial charge in [0, 0.05) is 23.2 Å². The molecule has 4 aromatic rings. The number of para-hydroxylation sites is 1. The van der Waals surface area contributed by atoms with Crippen LogP contribution in [-0.2, 0) is 0 Å². The largest absolute Gasteiger partial charge is 0.506 e. The van der Waals surface area contributed by atoms with E-state index >= 15 is 0 Å². The van der Waals surface area contributed by atoms with Gasteiger partial charge in [-0.25, -0.2) is 4.98 Å². The number of fused-ring (bicyclic) bond motifs is 6. The summed E-state index contributed by atoms with van der Waals surface area (Å²) in [5.41, 5.74) is 1.68. The molecular formula is C15H10N2O. The van der Waals surface area contributed by atoms with Crippen molar-refractivity contribution in [2.45, 2.75) is 0 Å². The molecule has 0 aliphatic rings. The molecule has 2 aromatic heterocycles. The van der Waals surface area contributed by atoms with Crippen molar-refractivity contribution in [3.05, 3.63) is 54.9 Å². The predicted molar refractivity (Wildman–Crippen MR) is 71.9 cm³/mol. The van der Waals surface area contributed by atoms with Gasteiger partial charge in [-0.15, -0.1) is 0 Å². The van der Waals surface area contributed by atoms with Crippen molar-refractivity contribution < 1.29 is 5.11 Å². The fourth-order valence-corrected chi connectivity index (χ4v) is 2.60. The minimum Gasteiger partial charge on any atom is -0.506 e. The van der Waals surface area contributed by atoms with Crippen LogP contribution in [0.1, 0.15) is 0 Å². The highest BCUT2D eigenvalue weighted by Crippen LogP contribution is 2.32. The number of benzene rings is 2. The molecule has 0 aliphatic carbocycles. The molecule has 18 heavy (non-hydrogen) atoms. The van der Waals surface area contributed by atoms with E-state index in [0.717, 1.165) is 27.3 Å². The van der Waals surface area contributed by atoms with Gasteiger partial charge in [0.25, 0.3) is 0 Å². The van der Waals surface area contributed by atoms with E-state index < -0.39 is 0 Å². The molecule has 1 N–H and O–H groups in total. The van der Waals surface area contributed by atoms with Crippen molar-refractivity contribution in [2.24, 2.45) is 0 Å². The Morgan fingerprint density at radius 2 is 1.67 bits per heavy atom. The van der Waals surface area contributed by atoms with Crippen LogP contribution in [0.5, 0.6) is 5.75 Å². The van der Waals surface area contributed by atoms with E-state index in [4.69, 9.17) is 0 Å². The van der Waals surface area contributed by atoms with Crippen LogP contribution in [0, 0.1) is 0 Å². The second-order valence-electron chi connectivity index (χ2n) is 4.34. The lowest BCUT2D eigenvalue weighted by molar-refractivity contribution is 0.480. The van der Waals surface area contributed by atoms with E-state index in [1.165, 1.54) is 0 Å². The number of aromatic hydroxyl groups is 1. The third-order valence-electron chi connectivity index (χ3n) is 3.35. The van der Waals surface area contributed by atoms with Crippen LogP contribution in [0.3, 0.4) is 0 Å². The van der Waals surface area contributed by atoms with Gasteiger partial charge in [0.15, 0.2) is 0 Å². The third kappa shape index (κ3) is 1.06. The zero-order valence-electron chi connectivity index (χ0n) is 9.54. The molecule has 0 bridgehead atoms. The summed E-state index contributed by atoms with van der Waals surface area (Å²) in [5, 5.41) is 13.3. The maximum Gasteiger partial charge on any atom is 0.145 e. The highest BCUT2D eigenvalue weighted by atomic mass is 16.3. The molecule has 3 nitrogen and oxygen atoms in total. The first kappa shape index (κ1) is 9.48. The van der Waals surface area contributed by atoms with Crippen molar-refractivity contribution in [1.29, 1.82) is 0 Å². The number of phenols is 1. The smallest absolute Gasteiger partial charge is 0.145 e. The van der Waals surface area contributed by atoms with Gasteiger partial charge in [-0.3, -0.25) is 4.40 Å². The van der Waals surface area contributed by atoms with Crippen LogP contribution in [0.2, 0.25) is 0 Å². The Morgan fingerprint density at radius 1 is 0.889 bits per heavy atom. The molecule has 2 aromatic carbocycles. The summed E-state index contributed by atoms with van der Waals surface area (Å²) in [6.45, 7) is 0. The Hall–Kier alpha value is -2.55. The zero-order valence-corrected chi connectivity index (χ0v) is 9.54. The van der Waals surface area contributed by atoms with Crippen molar-refractivity contribution in [3.63, 3.8) is 0 Å². The number of imidazole rings is 1. The summed E-state index contributed by atoms with van der Waals surface area (Å²) in [6, 6.07) is 13.7. The molecule has 0 unspecified atom stereocenters. The molecule has 0 spiro atoms. The van der Waals surface area contributed by atoms with Gasteiger partial charge in [-0.2, -0.15) is 0 Å². The van der Waals surface area contributed by atoms with Gasteiger partial charge in [0.05, 0.1) is 5.52 Å². The predicted octanol–water partition coefficient (Wildman–Crippen LogP) is 3.35. The van der Waals surface area contributed by atoms with E-state index in [1.54, 1.807) is 12.3 Å². The van der Waals surface area contributed by atoms with Gasteiger partial charge < -0.3 is 5.11 Å². The minimum absolute atomic E-state index is 0.279. The van der Waals surface area contributed by atoms with Crippen molar-refractivity contribution in [1.82, 2.24) is 9.38 Å². The topological polar surface area (TPSA) is 37.5 Å². The van der Waals surface area contributed by atoms with Gasteiger partial charge in [-0.1, -0.05) is 36.4 Å². The number of pyridine rings is 1. The Balaban J connectivity index is 2.49. The molecule has 86 valence electrons. The fourth-order valence-electron chi connectivity index (χ4n) is 2.60. The highest BCUT2D eigenvalue weighted by Gasteiger charge is 2.10. The molecule has 0 saturated carbocycles. The molecule has 0 saturated heterocycles. The first-order chi connectivity index (χ1) is 8.86. The number of nitrogens with zero attached hydrogens (tertiary/aromatic N) is 2. The van der Waals surface area contributed by atoms with Crippen molar-refractivity contribution >= 4 is 27.3 Å². The fraction of sp³-hybridized carbons (Fsp3) is 0. The molecular weight excluding hydrogens is 224 g/mol. The van der Waals surface area contributed by atoms with E-state index in [1.807, 2.05) is 34.9 Å². The maximum absolute atomic E-state index is 10.1. The van der Waals surface area contributed by atoms with Crippen molar-refractivity contribution in [2.75, 3.05) is 0 Å². The van der Waals surface area contributed by atoms with E-state index in [2.05, 4.69) is 17.1 Å². The molecule has 0 amide bonds. The Labute approximate surface area is 103 Å². The van der Waals surface area contributed by atoms with Crippen LogP contribution in [-0.4, -0.2) is 14.5 Å². The monoisotopic (exact) mass is 234 g/mol. The quantitative estimate of drug-likeness (QED) is 0.474. The van der Waals surface area contributed by atoms with Gasteiger partial charge >= 0.3 is 0 Å². The molecule has 4 rings (SSSR count). The molecule has 2 heterocycles. The van der Waals surface area contributed by atoms with Crippen LogP contribution in [0.15, 0.2) is 54.9 Å². The standard InChI is InChI=1S/C15H10N2O/c18-13-7-3-6-11-10-4-1-2-5-12(10)15-16-8-9-17(15)14(11)13/h1-9,18H. The summed E-state index contributed by atoms with van der Waals surface area (Å²) in [5.74, 6) is 0.279. The van der Waals surface area contributed by atoms with Crippen LogP contribution >= 0.6 is 0 Å². The van der Waals surface area contributed by atoms with Crippen LogP contribution in [0.4, 0.5) is 0 Å². The minimum atomic E-state index is 0.279. The van der Waals surface area contributed by atoms with Gasteiger partial charge in [0.2, 0.25) is 0 Å². The summed E-state index contributed by atoms with van der Waals surface area (Å²) < 4.78 is 1.94. The summed E-state index contributed by atoms with van der Waals surface area (Å²) >= 11 is 0. The first-order valence-electron chi connectivity index (χ1n) is 5.82. The van der Waals surface area contributed by atoms with E-state index in [9.17, 15) is 5.11 Å². The lowest BCUT2D eigenvalue weighted by Crippen LogP contribution is -1.90. The number of rotatable bonds is 0. The Morgan fingerprint density at radius 3 is 2.56 bits per heavy atom. The average Bonchev–Trinajstić information content (AvgIpc) is 2.88. The van der Waals surface area contributed by atoms with Crippen LogP contribution < -0.4 is 0 Å². The van der Waals surface area contributed by atoms with Gasteiger partial charge in [0.1, 0.15) is 11.4 Å². The normalized spacial score (nSPS) is 11.6. The average molecular weight is 234 g/mol. The molecule has 0 aliphatic heterocycles. The van der Waals surface area contributed by atoms with Crippen LogP contribution in [0.25, 0.3) is 27.3 Å². The lowest BCUT2D eigenvalue weighted by Gasteiger charge is -2.09. The Bertz CT molecular complexity index is 893. The third-order valence-corrected chi connectivity index (χ3v) is 3.35. The number of aromatic nitrogens is 2. The van der Waals surface area contributed by atoms with Crippen molar-refractivity contribution in [3.8, 4) is 5.75 Å².